The number of nitriles is 1. The first kappa shape index (κ1) is 12.1. The van der Waals surface area contributed by atoms with Gasteiger partial charge in [-0.2, -0.15) is 5.26 Å². The number of hydrogen-bond donors (Lipinski definition) is 0. The fourth-order valence-corrected chi connectivity index (χ4v) is 4.15. The van der Waals surface area contributed by atoms with Crippen LogP contribution in [0.4, 0.5) is 0 Å². The van der Waals surface area contributed by atoms with Gasteiger partial charge in [0.25, 0.3) is 0 Å². The van der Waals surface area contributed by atoms with Crippen LogP contribution in [0.1, 0.15) is 36.9 Å². The highest BCUT2D eigenvalue weighted by Gasteiger charge is 2.28. The maximum absolute atomic E-state index is 12.1. The molecule has 0 spiro atoms. The van der Waals surface area contributed by atoms with E-state index in [1.54, 1.807) is 12.1 Å². The number of pyridine rings is 1. The van der Waals surface area contributed by atoms with E-state index in [0.29, 0.717) is 5.56 Å². The Bertz CT molecular complexity index is 540. The minimum Gasteiger partial charge on any atom is -0.246 e. The van der Waals surface area contributed by atoms with Crippen molar-refractivity contribution in [2.45, 2.75) is 36.7 Å². The monoisotopic (exact) mass is 250 g/mol. The topological polar surface area (TPSA) is 70.8 Å². The Kier molecular flexibility index (Phi) is 3.43. The summed E-state index contributed by atoms with van der Waals surface area (Å²) >= 11 is 0. The Labute approximate surface area is 101 Å². The lowest BCUT2D eigenvalue weighted by Gasteiger charge is -2.10. The number of hydrogen-bond acceptors (Lipinski definition) is 4. The lowest BCUT2D eigenvalue weighted by molar-refractivity contribution is 0.579. The van der Waals surface area contributed by atoms with Crippen molar-refractivity contribution >= 4 is 9.84 Å². The maximum Gasteiger partial charge on any atom is 0.157 e. The normalized spacial score (nSPS) is 16.9. The summed E-state index contributed by atoms with van der Waals surface area (Å²) in [5.41, 5.74) is 0.924. The average molecular weight is 250 g/mol. The van der Waals surface area contributed by atoms with Crippen LogP contribution in [0.25, 0.3) is 0 Å². The van der Waals surface area contributed by atoms with Gasteiger partial charge in [-0.3, -0.25) is 0 Å². The molecule has 1 aliphatic rings. The molecular formula is C12H14N2O2S. The minimum atomic E-state index is -3.08. The lowest BCUT2D eigenvalue weighted by atomic mass is 10.2. The van der Waals surface area contributed by atoms with Crippen molar-refractivity contribution in [3.8, 4) is 6.07 Å². The van der Waals surface area contributed by atoms with Gasteiger partial charge in [-0.05, 0) is 30.5 Å². The number of aromatic nitrogens is 1. The van der Waals surface area contributed by atoms with Gasteiger partial charge < -0.3 is 0 Å². The third kappa shape index (κ3) is 2.83. The summed E-state index contributed by atoms with van der Waals surface area (Å²) in [4.78, 5) is 3.83. The Balaban J connectivity index is 2.17. The molecule has 0 unspecified atom stereocenters. The van der Waals surface area contributed by atoms with Gasteiger partial charge in [-0.1, -0.05) is 12.8 Å². The third-order valence-corrected chi connectivity index (χ3v) is 5.34. The van der Waals surface area contributed by atoms with E-state index in [1.807, 2.05) is 6.07 Å². The van der Waals surface area contributed by atoms with Crippen LogP contribution < -0.4 is 0 Å². The van der Waals surface area contributed by atoms with Gasteiger partial charge in [0.15, 0.2) is 9.84 Å². The molecule has 0 N–H and O–H groups in total. The van der Waals surface area contributed by atoms with Gasteiger partial charge in [-0.25, -0.2) is 13.4 Å². The SMILES string of the molecule is N#Cc1cc(CS(=O)(=O)C2CCCC2)ccn1. The number of rotatable bonds is 3. The quantitative estimate of drug-likeness (QED) is 0.820. The molecule has 17 heavy (non-hydrogen) atoms. The van der Waals surface area contributed by atoms with E-state index in [9.17, 15) is 8.42 Å². The van der Waals surface area contributed by atoms with Crippen molar-refractivity contribution in [2.75, 3.05) is 0 Å². The molecule has 0 aromatic carbocycles. The lowest BCUT2D eigenvalue weighted by Crippen LogP contribution is -2.19. The highest BCUT2D eigenvalue weighted by Crippen LogP contribution is 2.27. The average Bonchev–Trinajstić information content (AvgIpc) is 2.83. The molecule has 1 aliphatic carbocycles. The molecule has 0 aliphatic heterocycles. The van der Waals surface area contributed by atoms with Crippen molar-refractivity contribution in [3.63, 3.8) is 0 Å². The van der Waals surface area contributed by atoms with Crippen LogP contribution in [-0.4, -0.2) is 18.7 Å². The molecule has 1 aromatic rings. The van der Waals surface area contributed by atoms with E-state index in [-0.39, 0.29) is 16.7 Å². The molecule has 1 aromatic heterocycles. The van der Waals surface area contributed by atoms with Crippen LogP contribution in [0.5, 0.6) is 0 Å². The van der Waals surface area contributed by atoms with E-state index in [2.05, 4.69) is 4.98 Å². The second-order valence-electron chi connectivity index (χ2n) is 4.37. The zero-order valence-electron chi connectivity index (χ0n) is 9.46. The van der Waals surface area contributed by atoms with Crippen molar-refractivity contribution in [2.24, 2.45) is 0 Å². The standard InChI is InChI=1S/C12H14N2O2S/c13-8-11-7-10(5-6-14-11)9-17(15,16)12-3-1-2-4-12/h5-7,12H,1-4,9H2. The van der Waals surface area contributed by atoms with Crippen molar-refractivity contribution in [3.05, 3.63) is 29.6 Å². The first-order valence-electron chi connectivity index (χ1n) is 5.68. The smallest absolute Gasteiger partial charge is 0.157 e. The molecule has 90 valence electrons. The van der Waals surface area contributed by atoms with Crippen LogP contribution in [0.2, 0.25) is 0 Å². The van der Waals surface area contributed by atoms with E-state index in [1.165, 1.54) is 6.20 Å². The predicted octanol–water partition coefficient (Wildman–Crippen LogP) is 1.81. The van der Waals surface area contributed by atoms with E-state index >= 15 is 0 Å². The molecule has 0 atom stereocenters. The number of nitrogens with zero attached hydrogens (tertiary/aromatic N) is 2. The van der Waals surface area contributed by atoms with Crippen LogP contribution in [0.3, 0.4) is 0 Å². The molecule has 1 saturated carbocycles. The Morgan fingerprint density at radius 2 is 2.12 bits per heavy atom. The van der Waals surface area contributed by atoms with Gasteiger partial charge in [-0.15, -0.1) is 0 Å². The van der Waals surface area contributed by atoms with Gasteiger partial charge in [0.1, 0.15) is 11.8 Å². The molecule has 5 heteroatoms. The second kappa shape index (κ2) is 4.84. The second-order valence-corrected chi connectivity index (χ2v) is 6.66. The maximum atomic E-state index is 12.1. The Morgan fingerprint density at radius 3 is 2.76 bits per heavy atom. The molecular weight excluding hydrogens is 236 g/mol. The summed E-state index contributed by atoms with van der Waals surface area (Å²) in [5.74, 6) is 0.0227. The van der Waals surface area contributed by atoms with Crippen LogP contribution in [-0.2, 0) is 15.6 Å². The Hall–Kier alpha value is -1.41. The zero-order valence-corrected chi connectivity index (χ0v) is 10.3. The first-order chi connectivity index (χ1) is 8.12. The summed E-state index contributed by atoms with van der Waals surface area (Å²) in [6.07, 6.45) is 5.04. The third-order valence-electron chi connectivity index (χ3n) is 3.12. The van der Waals surface area contributed by atoms with E-state index in [0.717, 1.165) is 25.7 Å². The molecule has 0 bridgehead atoms. The highest BCUT2D eigenvalue weighted by molar-refractivity contribution is 7.91. The molecule has 0 saturated heterocycles. The van der Waals surface area contributed by atoms with Gasteiger partial charge in [0.05, 0.1) is 11.0 Å². The minimum absolute atomic E-state index is 0.0227. The highest BCUT2D eigenvalue weighted by atomic mass is 32.2. The first-order valence-corrected chi connectivity index (χ1v) is 7.40. The molecule has 0 amide bonds. The summed E-state index contributed by atoms with van der Waals surface area (Å²) in [6.45, 7) is 0. The van der Waals surface area contributed by atoms with E-state index < -0.39 is 9.84 Å². The van der Waals surface area contributed by atoms with Gasteiger partial charge in [0, 0.05) is 6.20 Å². The van der Waals surface area contributed by atoms with Crippen molar-refractivity contribution in [1.82, 2.24) is 4.98 Å². The fourth-order valence-electron chi connectivity index (χ4n) is 2.22. The van der Waals surface area contributed by atoms with Crippen molar-refractivity contribution in [1.29, 1.82) is 5.26 Å². The fraction of sp³-hybridized carbons (Fsp3) is 0.500. The van der Waals surface area contributed by atoms with Crippen LogP contribution >= 0.6 is 0 Å². The zero-order chi connectivity index (χ0) is 12.3. The largest absolute Gasteiger partial charge is 0.246 e. The molecule has 1 fully saturated rings. The molecule has 0 radical (unpaired) electrons. The van der Waals surface area contributed by atoms with E-state index in [4.69, 9.17) is 5.26 Å². The van der Waals surface area contributed by atoms with Crippen LogP contribution in [0, 0.1) is 11.3 Å². The summed E-state index contributed by atoms with van der Waals surface area (Å²) in [5, 5.41) is 8.52. The van der Waals surface area contributed by atoms with Gasteiger partial charge >= 0.3 is 0 Å². The molecule has 4 nitrogen and oxygen atoms in total. The summed E-state index contributed by atoms with van der Waals surface area (Å²) in [7, 11) is -3.08. The molecule has 2 rings (SSSR count). The Morgan fingerprint density at radius 1 is 1.41 bits per heavy atom. The number of sulfone groups is 1. The van der Waals surface area contributed by atoms with Gasteiger partial charge in [0.2, 0.25) is 0 Å². The predicted molar refractivity (Wildman–Crippen MR) is 63.8 cm³/mol. The molecule has 1 heterocycles. The summed E-state index contributed by atoms with van der Waals surface area (Å²) < 4.78 is 24.2. The van der Waals surface area contributed by atoms with Crippen LogP contribution in [0.15, 0.2) is 18.3 Å². The van der Waals surface area contributed by atoms with Crippen molar-refractivity contribution < 1.29 is 8.42 Å². The summed E-state index contributed by atoms with van der Waals surface area (Å²) in [6, 6.07) is 5.12.